The van der Waals surface area contributed by atoms with Crippen molar-refractivity contribution in [1.82, 2.24) is 0 Å². The van der Waals surface area contributed by atoms with Gasteiger partial charge in [-0.05, 0) is 86.4 Å². The van der Waals surface area contributed by atoms with Gasteiger partial charge in [-0.1, -0.05) is 12.1 Å². The van der Waals surface area contributed by atoms with Crippen LogP contribution in [-0.2, 0) is 19.1 Å². The van der Waals surface area contributed by atoms with E-state index >= 15 is 0 Å². The lowest BCUT2D eigenvalue weighted by molar-refractivity contribution is -0.123. The molecule has 0 unspecified atom stereocenters. The van der Waals surface area contributed by atoms with Gasteiger partial charge in [0.15, 0.2) is 6.61 Å². The van der Waals surface area contributed by atoms with Crippen molar-refractivity contribution in [1.29, 1.82) is 0 Å². The molecule has 5 rings (SSSR count). The van der Waals surface area contributed by atoms with E-state index in [0.717, 1.165) is 30.4 Å². The molecule has 1 aliphatic heterocycles. The number of hydrogen-bond donors (Lipinski definition) is 1. The van der Waals surface area contributed by atoms with E-state index in [9.17, 15) is 19.2 Å². The summed E-state index contributed by atoms with van der Waals surface area (Å²) >= 11 is 0. The minimum atomic E-state index is -0.688. The maximum atomic E-state index is 13.0. The van der Waals surface area contributed by atoms with Crippen LogP contribution in [0.1, 0.15) is 40.7 Å². The van der Waals surface area contributed by atoms with Crippen LogP contribution in [0.3, 0.4) is 0 Å². The largest absolute Gasteiger partial charge is 0.452 e. The molecule has 1 saturated heterocycles. The van der Waals surface area contributed by atoms with Gasteiger partial charge in [0.05, 0.1) is 23.1 Å². The van der Waals surface area contributed by atoms with E-state index in [2.05, 4.69) is 5.32 Å². The molecule has 33 heavy (non-hydrogen) atoms. The van der Waals surface area contributed by atoms with Gasteiger partial charge >= 0.3 is 5.97 Å². The number of aryl methyl sites for hydroxylation is 2. The second-order valence-electron chi connectivity index (χ2n) is 9.37. The number of carbonyl (C=O) groups excluding carboxylic acids is 4. The Balaban J connectivity index is 1.24. The molecule has 170 valence electrons. The van der Waals surface area contributed by atoms with Crippen molar-refractivity contribution in [2.45, 2.75) is 33.1 Å². The monoisotopic (exact) mass is 446 g/mol. The fourth-order valence-electron chi connectivity index (χ4n) is 5.67. The van der Waals surface area contributed by atoms with Gasteiger partial charge in [0.25, 0.3) is 5.91 Å². The Morgan fingerprint density at radius 3 is 2.33 bits per heavy atom. The predicted octanol–water partition coefficient (Wildman–Crippen LogP) is 3.63. The number of fused-ring (bicyclic) bond motifs is 5. The van der Waals surface area contributed by atoms with Gasteiger partial charge < -0.3 is 10.1 Å². The Morgan fingerprint density at radius 1 is 0.970 bits per heavy atom. The Labute approximate surface area is 192 Å². The number of amides is 3. The molecular weight excluding hydrogens is 420 g/mol. The molecule has 0 aromatic heterocycles. The van der Waals surface area contributed by atoms with E-state index in [1.54, 1.807) is 24.3 Å². The molecule has 2 aromatic carbocycles. The summed E-state index contributed by atoms with van der Waals surface area (Å²) in [5, 5.41) is 2.71. The summed E-state index contributed by atoms with van der Waals surface area (Å²) in [5.74, 6) is -1.30. The topological polar surface area (TPSA) is 92.8 Å². The van der Waals surface area contributed by atoms with Crippen molar-refractivity contribution < 1.29 is 23.9 Å². The van der Waals surface area contributed by atoms with Crippen LogP contribution in [0.2, 0.25) is 0 Å². The number of nitrogens with zero attached hydrogens (tertiary/aromatic N) is 1. The summed E-state index contributed by atoms with van der Waals surface area (Å²) in [4.78, 5) is 52.1. The first-order chi connectivity index (χ1) is 15.8. The maximum absolute atomic E-state index is 13.0. The van der Waals surface area contributed by atoms with Gasteiger partial charge in [-0.3, -0.25) is 19.3 Å². The van der Waals surface area contributed by atoms with E-state index in [0.29, 0.717) is 23.2 Å². The third-order valence-corrected chi connectivity index (χ3v) is 7.39. The molecule has 1 heterocycles. The third-order valence-electron chi connectivity index (χ3n) is 7.39. The summed E-state index contributed by atoms with van der Waals surface area (Å²) in [6.45, 7) is 3.49. The smallest absolute Gasteiger partial charge is 0.338 e. The van der Waals surface area contributed by atoms with E-state index in [-0.39, 0.29) is 29.2 Å². The van der Waals surface area contributed by atoms with Gasteiger partial charge in [0.1, 0.15) is 0 Å². The molecule has 2 aromatic rings. The van der Waals surface area contributed by atoms with E-state index in [1.165, 1.54) is 11.0 Å². The Kier molecular flexibility index (Phi) is 5.27. The van der Waals surface area contributed by atoms with Crippen molar-refractivity contribution in [3.05, 3.63) is 59.2 Å². The van der Waals surface area contributed by atoms with Crippen molar-refractivity contribution in [2.75, 3.05) is 16.8 Å². The second kappa shape index (κ2) is 8.14. The highest BCUT2D eigenvalue weighted by Gasteiger charge is 2.61. The standard InChI is InChI=1S/C26H26N2O5/c1-14-6-9-19(10-15(14)2)27-21(29)13-33-26(32)18-4-3-5-20(12-18)28-24(30)22-16-7-8-17(11-16)23(22)25(28)31/h3-6,9-10,12,16-17,22-23H,7-8,11,13H2,1-2H3,(H,27,29)/t16-,17-,22-,23+/m0/s1. The number of ether oxygens (including phenoxy) is 1. The van der Waals surface area contributed by atoms with E-state index in [1.807, 2.05) is 26.0 Å². The van der Waals surface area contributed by atoms with Crippen LogP contribution in [0.25, 0.3) is 0 Å². The minimum absolute atomic E-state index is 0.157. The molecule has 3 fully saturated rings. The number of nitrogens with one attached hydrogen (secondary N) is 1. The van der Waals surface area contributed by atoms with Gasteiger partial charge in [-0.15, -0.1) is 0 Å². The lowest BCUT2D eigenvalue weighted by Gasteiger charge is -2.19. The summed E-state index contributed by atoms with van der Waals surface area (Å²) in [7, 11) is 0. The highest BCUT2D eigenvalue weighted by atomic mass is 16.5. The molecule has 2 bridgehead atoms. The molecule has 7 nitrogen and oxygen atoms in total. The average Bonchev–Trinajstić information content (AvgIpc) is 3.48. The Morgan fingerprint density at radius 2 is 1.67 bits per heavy atom. The quantitative estimate of drug-likeness (QED) is 0.559. The van der Waals surface area contributed by atoms with Crippen molar-refractivity contribution >= 4 is 35.1 Å². The molecule has 4 atom stereocenters. The highest BCUT2D eigenvalue weighted by molar-refractivity contribution is 6.22. The van der Waals surface area contributed by atoms with Crippen LogP contribution in [-0.4, -0.2) is 30.3 Å². The van der Waals surface area contributed by atoms with Crippen molar-refractivity contribution in [3.63, 3.8) is 0 Å². The zero-order valence-corrected chi connectivity index (χ0v) is 18.7. The summed E-state index contributed by atoms with van der Waals surface area (Å²) in [6, 6.07) is 11.8. The first-order valence-electron chi connectivity index (χ1n) is 11.4. The zero-order valence-electron chi connectivity index (χ0n) is 18.7. The summed E-state index contributed by atoms with van der Waals surface area (Å²) < 4.78 is 5.17. The van der Waals surface area contributed by atoms with Gasteiger partial charge in [-0.25, -0.2) is 4.79 Å². The molecule has 1 N–H and O–H groups in total. The molecule has 3 amide bonds. The fourth-order valence-corrected chi connectivity index (χ4v) is 5.67. The molecule has 3 aliphatic rings. The number of rotatable bonds is 5. The predicted molar refractivity (Wildman–Crippen MR) is 122 cm³/mol. The fraction of sp³-hybridized carbons (Fsp3) is 0.385. The lowest BCUT2D eigenvalue weighted by Crippen LogP contribution is -2.32. The van der Waals surface area contributed by atoms with Crippen LogP contribution in [0.5, 0.6) is 0 Å². The molecular formula is C26H26N2O5. The summed E-state index contributed by atoms with van der Waals surface area (Å²) in [6.07, 6.45) is 2.99. The molecule has 0 spiro atoms. The summed E-state index contributed by atoms with van der Waals surface area (Å²) in [5.41, 5.74) is 3.36. The maximum Gasteiger partial charge on any atom is 0.338 e. The normalized spacial score (nSPS) is 25.3. The SMILES string of the molecule is Cc1ccc(NC(=O)COC(=O)c2cccc(N3C(=O)[C@@H]4[C@H]5CC[C@@H](C5)[C@@H]4C3=O)c2)cc1C. The number of anilines is 2. The molecule has 0 radical (unpaired) electrons. The van der Waals surface area contributed by atoms with Crippen molar-refractivity contribution in [3.8, 4) is 0 Å². The van der Waals surface area contributed by atoms with Crippen molar-refractivity contribution in [2.24, 2.45) is 23.7 Å². The van der Waals surface area contributed by atoms with Crippen LogP contribution in [0, 0.1) is 37.5 Å². The third kappa shape index (κ3) is 3.71. The van der Waals surface area contributed by atoms with Gasteiger partial charge in [-0.2, -0.15) is 0 Å². The average molecular weight is 447 g/mol. The lowest BCUT2D eigenvalue weighted by atomic mass is 9.81. The van der Waals surface area contributed by atoms with Crippen LogP contribution in [0.15, 0.2) is 42.5 Å². The van der Waals surface area contributed by atoms with Crippen LogP contribution in [0.4, 0.5) is 11.4 Å². The first kappa shape index (κ1) is 21.4. The Hall–Kier alpha value is -3.48. The minimum Gasteiger partial charge on any atom is -0.452 e. The first-order valence-corrected chi connectivity index (χ1v) is 11.4. The Bertz CT molecular complexity index is 1150. The molecule has 2 saturated carbocycles. The number of hydrogen-bond acceptors (Lipinski definition) is 5. The van der Waals surface area contributed by atoms with Gasteiger partial charge in [0.2, 0.25) is 11.8 Å². The van der Waals surface area contributed by atoms with Crippen LogP contribution < -0.4 is 10.2 Å². The number of imide groups is 1. The van der Waals surface area contributed by atoms with Gasteiger partial charge in [0, 0.05) is 5.69 Å². The number of benzene rings is 2. The zero-order chi connectivity index (χ0) is 23.3. The number of esters is 1. The number of carbonyl (C=O) groups is 4. The van der Waals surface area contributed by atoms with E-state index < -0.39 is 18.5 Å². The molecule has 2 aliphatic carbocycles. The molecule has 7 heteroatoms. The highest BCUT2D eigenvalue weighted by Crippen LogP contribution is 2.56. The van der Waals surface area contributed by atoms with Crippen LogP contribution >= 0.6 is 0 Å². The van der Waals surface area contributed by atoms with E-state index in [4.69, 9.17) is 4.74 Å². The second-order valence-corrected chi connectivity index (χ2v) is 9.37.